The van der Waals surface area contributed by atoms with E-state index in [1.165, 1.54) is 12.1 Å². The summed E-state index contributed by atoms with van der Waals surface area (Å²) >= 11 is 5.81. The standard InChI is InChI=1S/C15H11ClN4O2/c16-11-8-10(6-7-12(11)21)17-15(22)14-13(18-20-19-14)9-4-2-1-3-5-9/h1-8,21H,(H,17,22)(H,18,19,20). The minimum absolute atomic E-state index is 0.0499. The Labute approximate surface area is 130 Å². The van der Waals surface area contributed by atoms with Crippen LogP contribution in [-0.4, -0.2) is 26.4 Å². The molecule has 7 heteroatoms. The lowest BCUT2D eigenvalue weighted by Crippen LogP contribution is -2.13. The van der Waals surface area contributed by atoms with Crippen LogP contribution in [0.3, 0.4) is 0 Å². The topological polar surface area (TPSA) is 90.9 Å². The van der Waals surface area contributed by atoms with E-state index < -0.39 is 5.91 Å². The first-order valence-corrected chi connectivity index (χ1v) is 6.79. The van der Waals surface area contributed by atoms with E-state index in [1.54, 1.807) is 6.07 Å². The summed E-state index contributed by atoms with van der Waals surface area (Å²) in [6.07, 6.45) is 0. The smallest absolute Gasteiger partial charge is 0.278 e. The molecule has 0 spiro atoms. The molecule has 0 aliphatic heterocycles. The fourth-order valence-corrected chi connectivity index (χ4v) is 2.14. The number of carbonyl (C=O) groups is 1. The Morgan fingerprint density at radius 3 is 2.64 bits per heavy atom. The van der Waals surface area contributed by atoms with Crippen molar-refractivity contribution >= 4 is 23.2 Å². The molecule has 1 aromatic heterocycles. The highest BCUT2D eigenvalue weighted by atomic mass is 35.5. The number of phenolic OH excluding ortho intramolecular Hbond substituents is 1. The van der Waals surface area contributed by atoms with Crippen LogP contribution in [0.15, 0.2) is 48.5 Å². The average molecular weight is 315 g/mol. The molecule has 3 aromatic rings. The summed E-state index contributed by atoms with van der Waals surface area (Å²) in [6.45, 7) is 0. The minimum atomic E-state index is -0.422. The van der Waals surface area contributed by atoms with Gasteiger partial charge in [0.2, 0.25) is 0 Å². The van der Waals surface area contributed by atoms with E-state index in [1.807, 2.05) is 30.3 Å². The maximum absolute atomic E-state index is 12.3. The first-order chi connectivity index (χ1) is 10.6. The molecule has 0 saturated carbocycles. The number of aromatic amines is 1. The number of benzene rings is 2. The number of halogens is 1. The van der Waals surface area contributed by atoms with Crippen LogP contribution < -0.4 is 5.32 Å². The molecule has 0 aliphatic rings. The third-order valence-electron chi connectivity index (χ3n) is 3.02. The maximum Gasteiger partial charge on any atom is 0.278 e. The molecule has 0 fully saturated rings. The van der Waals surface area contributed by atoms with Gasteiger partial charge < -0.3 is 10.4 Å². The van der Waals surface area contributed by atoms with Crippen molar-refractivity contribution in [3.05, 3.63) is 59.2 Å². The van der Waals surface area contributed by atoms with Gasteiger partial charge in [0.15, 0.2) is 5.69 Å². The summed E-state index contributed by atoms with van der Waals surface area (Å²) in [4.78, 5) is 12.3. The Morgan fingerprint density at radius 1 is 1.14 bits per heavy atom. The molecular formula is C15H11ClN4O2. The quantitative estimate of drug-likeness (QED) is 0.648. The molecule has 1 heterocycles. The molecule has 3 N–H and O–H groups in total. The summed E-state index contributed by atoms with van der Waals surface area (Å²) in [6, 6.07) is 13.7. The van der Waals surface area contributed by atoms with Crippen molar-refractivity contribution in [2.45, 2.75) is 0 Å². The van der Waals surface area contributed by atoms with Crippen LogP contribution in [0, 0.1) is 0 Å². The molecule has 6 nitrogen and oxygen atoms in total. The molecule has 0 bridgehead atoms. The van der Waals surface area contributed by atoms with Crippen LogP contribution in [0.25, 0.3) is 11.3 Å². The number of hydrogen-bond acceptors (Lipinski definition) is 4. The monoisotopic (exact) mass is 314 g/mol. The molecule has 1 amide bonds. The van der Waals surface area contributed by atoms with Gasteiger partial charge in [0.1, 0.15) is 11.4 Å². The first kappa shape index (κ1) is 14.1. The second kappa shape index (κ2) is 5.87. The number of aromatic hydroxyl groups is 1. The van der Waals surface area contributed by atoms with E-state index in [9.17, 15) is 9.90 Å². The van der Waals surface area contributed by atoms with Crippen LogP contribution >= 0.6 is 11.6 Å². The highest BCUT2D eigenvalue weighted by molar-refractivity contribution is 6.32. The number of amides is 1. The van der Waals surface area contributed by atoms with Crippen molar-refractivity contribution in [3.63, 3.8) is 0 Å². The normalized spacial score (nSPS) is 10.4. The van der Waals surface area contributed by atoms with Gasteiger partial charge in [-0.1, -0.05) is 41.9 Å². The molecule has 2 aromatic carbocycles. The summed E-state index contributed by atoms with van der Waals surface area (Å²) in [7, 11) is 0. The number of carbonyl (C=O) groups excluding carboxylic acids is 1. The fourth-order valence-electron chi connectivity index (χ4n) is 1.96. The van der Waals surface area contributed by atoms with Crippen LogP contribution in [0.1, 0.15) is 10.5 Å². The van der Waals surface area contributed by atoms with Gasteiger partial charge in [0.25, 0.3) is 5.91 Å². The summed E-state index contributed by atoms with van der Waals surface area (Å²) < 4.78 is 0. The van der Waals surface area contributed by atoms with E-state index in [0.29, 0.717) is 11.4 Å². The van der Waals surface area contributed by atoms with Gasteiger partial charge in [-0.2, -0.15) is 15.4 Å². The lowest BCUT2D eigenvalue weighted by Gasteiger charge is -2.05. The molecule has 22 heavy (non-hydrogen) atoms. The molecule has 3 rings (SSSR count). The Hall–Kier alpha value is -2.86. The van der Waals surface area contributed by atoms with E-state index >= 15 is 0 Å². The van der Waals surface area contributed by atoms with Crippen LogP contribution in [-0.2, 0) is 0 Å². The molecule has 110 valence electrons. The number of anilines is 1. The molecule has 0 radical (unpaired) electrons. The van der Waals surface area contributed by atoms with Crippen LogP contribution in [0.2, 0.25) is 5.02 Å². The Balaban J connectivity index is 1.87. The van der Waals surface area contributed by atoms with E-state index in [2.05, 4.69) is 20.7 Å². The zero-order valence-corrected chi connectivity index (χ0v) is 12.0. The van der Waals surface area contributed by atoms with Crippen molar-refractivity contribution < 1.29 is 9.90 Å². The van der Waals surface area contributed by atoms with Gasteiger partial charge in [-0.15, -0.1) is 0 Å². The summed E-state index contributed by atoms with van der Waals surface area (Å²) in [5, 5.41) is 22.6. The number of nitrogens with one attached hydrogen (secondary N) is 2. The second-order valence-corrected chi connectivity index (χ2v) is 4.91. The number of nitrogens with zero attached hydrogens (tertiary/aromatic N) is 2. The Bertz CT molecular complexity index is 817. The molecule has 0 aliphatic carbocycles. The van der Waals surface area contributed by atoms with Crippen molar-refractivity contribution in [2.75, 3.05) is 5.32 Å². The first-order valence-electron chi connectivity index (χ1n) is 6.41. The number of aromatic nitrogens is 3. The zero-order valence-electron chi connectivity index (χ0n) is 11.2. The number of phenols is 1. The SMILES string of the molecule is O=C(Nc1ccc(O)c(Cl)c1)c1n[nH]nc1-c1ccccc1. The second-order valence-electron chi connectivity index (χ2n) is 4.51. The lowest BCUT2D eigenvalue weighted by atomic mass is 10.1. The van der Waals surface area contributed by atoms with Gasteiger partial charge in [-0.05, 0) is 18.2 Å². The third-order valence-corrected chi connectivity index (χ3v) is 3.32. The highest BCUT2D eigenvalue weighted by Gasteiger charge is 2.18. The summed E-state index contributed by atoms with van der Waals surface area (Å²) in [5.74, 6) is -0.472. The Kier molecular flexibility index (Phi) is 3.76. The minimum Gasteiger partial charge on any atom is -0.506 e. The zero-order chi connectivity index (χ0) is 15.5. The van der Waals surface area contributed by atoms with Crippen molar-refractivity contribution in [3.8, 4) is 17.0 Å². The van der Waals surface area contributed by atoms with Gasteiger partial charge in [0.05, 0.1) is 5.02 Å². The van der Waals surface area contributed by atoms with Crippen LogP contribution in [0.4, 0.5) is 5.69 Å². The largest absolute Gasteiger partial charge is 0.506 e. The van der Waals surface area contributed by atoms with Gasteiger partial charge in [0, 0.05) is 11.3 Å². The van der Waals surface area contributed by atoms with Gasteiger partial charge in [-0.25, -0.2) is 0 Å². The molecule has 0 saturated heterocycles. The highest BCUT2D eigenvalue weighted by Crippen LogP contribution is 2.27. The molecule has 0 atom stereocenters. The number of rotatable bonds is 3. The maximum atomic E-state index is 12.3. The van der Waals surface area contributed by atoms with Crippen molar-refractivity contribution in [1.29, 1.82) is 0 Å². The van der Waals surface area contributed by atoms with E-state index in [0.717, 1.165) is 5.56 Å². The molecule has 0 unspecified atom stereocenters. The van der Waals surface area contributed by atoms with Gasteiger partial charge in [-0.3, -0.25) is 4.79 Å². The third kappa shape index (κ3) is 2.77. The fraction of sp³-hybridized carbons (Fsp3) is 0. The van der Waals surface area contributed by atoms with Crippen molar-refractivity contribution in [1.82, 2.24) is 15.4 Å². The predicted molar refractivity (Wildman–Crippen MR) is 82.9 cm³/mol. The van der Waals surface area contributed by atoms with E-state index in [-0.39, 0.29) is 16.5 Å². The Morgan fingerprint density at radius 2 is 1.91 bits per heavy atom. The van der Waals surface area contributed by atoms with Crippen molar-refractivity contribution in [2.24, 2.45) is 0 Å². The lowest BCUT2D eigenvalue weighted by molar-refractivity contribution is 0.102. The summed E-state index contributed by atoms with van der Waals surface area (Å²) in [5.41, 5.74) is 1.87. The van der Waals surface area contributed by atoms with Crippen LogP contribution in [0.5, 0.6) is 5.75 Å². The van der Waals surface area contributed by atoms with E-state index in [4.69, 9.17) is 11.6 Å². The number of hydrogen-bond donors (Lipinski definition) is 3. The average Bonchev–Trinajstić information content (AvgIpc) is 3.01. The predicted octanol–water partition coefficient (Wildman–Crippen LogP) is 3.08. The molecular weight excluding hydrogens is 304 g/mol. The number of H-pyrrole nitrogens is 1. The van der Waals surface area contributed by atoms with Gasteiger partial charge >= 0.3 is 0 Å².